The summed E-state index contributed by atoms with van der Waals surface area (Å²) in [5.41, 5.74) is -1.95. The van der Waals surface area contributed by atoms with Crippen LogP contribution in [0.3, 0.4) is 0 Å². The topological polar surface area (TPSA) is 12.9 Å². The monoisotopic (exact) mass is 357 g/mol. The van der Waals surface area contributed by atoms with Crippen LogP contribution in [0, 0.1) is 3.57 Å². The van der Waals surface area contributed by atoms with Crippen LogP contribution in [0.1, 0.15) is 17.7 Å². The van der Waals surface area contributed by atoms with Crippen molar-refractivity contribution >= 4 is 34.2 Å². The van der Waals surface area contributed by atoms with Crippen molar-refractivity contribution in [1.29, 1.82) is 0 Å². The quantitative estimate of drug-likeness (QED) is 0.415. The summed E-state index contributed by atoms with van der Waals surface area (Å²) in [7, 11) is 0. The minimum absolute atomic E-state index is 0.255. The van der Waals surface area contributed by atoms with E-state index in [9.17, 15) is 22.0 Å². The van der Waals surface area contributed by atoms with Crippen LogP contribution >= 0.6 is 34.2 Å². The second kappa shape index (κ2) is 4.36. The Labute approximate surface area is 99.8 Å². The van der Waals surface area contributed by atoms with E-state index >= 15 is 0 Å². The van der Waals surface area contributed by atoms with Gasteiger partial charge in [0, 0.05) is 3.57 Å². The van der Waals surface area contributed by atoms with Crippen molar-refractivity contribution in [1.82, 2.24) is 4.98 Å². The first-order valence-corrected chi connectivity index (χ1v) is 4.90. The highest BCUT2D eigenvalue weighted by atomic mass is 127. The molecule has 8 heteroatoms. The highest BCUT2D eigenvalue weighted by Gasteiger charge is 2.34. The number of nitrogens with zero attached hydrogens (tertiary/aromatic N) is 1. The van der Waals surface area contributed by atoms with Gasteiger partial charge in [0.2, 0.25) is 0 Å². The average molecular weight is 357 g/mol. The van der Waals surface area contributed by atoms with E-state index in [4.69, 9.17) is 11.6 Å². The zero-order valence-corrected chi connectivity index (χ0v) is 9.66. The minimum Gasteiger partial charge on any atom is -0.231 e. The summed E-state index contributed by atoms with van der Waals surface area (Å²) < 4.78 is 60.9. The van der Waals surface area contributed by atoms with E-state index in [0.717, 1.165) is 0 Å². The molecule has 0 atom stereocenters. The third kappa shape index (κ3) is 2.90. The van der Waals surface area contributed by atoms with Gasteiger partial charge in [0.05, 0.1) is 5.56 Å². The van der Waals surface area contributed by atoms with Gasteiger partial charge in [-0.3, -0.25) is 0 Å². The lowest BCUT2D eigenvalue weighted by Crippen LogP contribution is -2.10. The van der Waals surface area contributed by atoms with E-state index < -0.39 is 29.0 Å². The lowest BCUT2D eigenvalue weighted by Gasteiger charge is -2.10. The number of pyridine rings is 1. The first-order valence-electron chi connectivity index (χ1n) is 3.44. The van der Waals surface area contributed by atoms with E-state index in [1.165, 1.54) is 22.6 Å². The summed E-state index contributed by atoms with van der Waals surface area (Å²) >= 11 is 6.60. The van der Waals surface area contributed by atoms with E-state index in [1.54, 1.807) is 0 Å². The van der Waals surface area contributed by atoms with Crippen LogP contribution in [-0.2, 0) is 6.18 Å². The van der Waals surface area contributed by atoms with Crippen LogP contribution in [0.4, 0.5) is 22.0 Å². The van der Waals surface area contributed by atoms with Crippen LogP contribution < -0.4 is 0 Å². The van der Waals surface area contributed by atoms with Gasteiger partial charge in [-0.2, -0.15) is 13.2 Å². The normalized spacial score (nSPS) is 12.3. The molecular weight excluding hydrogens is 355 g/mol. The maximum Gasteiger partial charge on any atom is 0.433 e. The van der Waals surface area contributed by atoms with Gasteiger partial charge in [0.25, 0.3) is 6.43 Å². The Hall–Kier alpha value is -0.180. The van der Waals surface area contributed by atoms with Gasteiger partial charge < -0.3 is 0 Å². The second-order valence-corrected chi connectivity index (χ2v) is 4.01. The molecule has 0 unspecified atom stereocenters. The molecule has 0 fully saturated rings. The Bertz CT molecular complexity index is 355. The SMILES string of the molecule is FC(F)c1c(I)cc(C(F)(F)F)nc1Cl. The third-order valence-electron chi connectivity index (χ3n) is 1.47. The van der Waals surface area contributed by atoms with Crippen molar-refractivity contribution in [3.05, 3.63) is 26.0 Å². The third-order valence-corrected chi connectivity index (χ3v) is 2.65. The molecule has 1 aromatic heterocycles. The first kappa shape index (κ1) is 12.9. The molecule has 0 amide bonds. The van der Waals surface area contributed by atoms with E-state index in [-0.39, 0.29) is 3.57 Å². The molecule has 84 valence electrons. The van der Waals surface area contributed by atoms with Gasteiger partial charge in [0.15, 0.2) is 0 Å². The summed E-state index contributed by atoms with van der Waals surface area (Å²) in [6.45, 7) is 0. The molecule has 1 nitrogen and oxygen atoms in total. The van der Waals surface area contributed by atoms with Crippen molar-refractivity contribution in [2.75, 3.05) is 0 Å². The molecule has 0 saturated heterocycles. The van der Waals surface area contributed by atoms with Crippen LogP contribution in [0.2, 0.25) is 5.15 Å². The van der Waals surface area contributed by atoms with Crippen molar-refractivity contribution < 1.29 is 22.0 Å². The number of rotatable bonds is 1. The highest BCUT2D eigenvalue weighted by molar-refractivity contribution is 14.1. The summed E-state index contributed by atoms with van der Waals surface area (Å²) in [6, 6.07) is 0.536. The van der Waals surface area contributed by atoms with Crippen molar-refractivity contribution in [3.63, 3.8) is 0 Å². The highest BCUT2D eigenvalue weighted by Crippen LogP contribution is 2.35. The summed E-state index contributed by atoms with van der Waals surface area (Å²) in [5.74, 6) is 0. The Morgan fingerprint density at radius 1 is 1.33 bits per heavy atom. The van der Waals surface area contributed by atoms with Gasteiger partial charge in [-0.05, 0) is 28.7 Å². The standard InChI is InChI=1S/C7H2ClF5IN/c8-5-4(6(9)10)2(14)1-3(15-5)7(11,12)13/h1,6H. The lowest BCUT2D eigenvalue weighted by molar-refractivity contribution is -0.141. The molecule has 0 radical (unpaired) electrons. The summed E-state index contributed by atoms with van der Waals surface area (Å²) in [4.78, 5) is 2.88. The molecule has 1 rings (SSSR count). The molecule has 1 aromatic rings. The van der Waals surface area contributed by atoms with Gasteiger partial charge in [-0.15, -0.1) is 0 Å². The fraction of sp³-hybridized carbons (Fsp3) is 0.286. The number of hydrogen-bond donors (Lipinski definition) is 0. The minimum atomic E-state index is -4.69. The number of halogens is 7. The van der Waals surface area contributed by atoms with E-state index in [1.807, 2.05) is 0 Å². The molecule has 0 saturated carbocycles. The molecule has 0 bridgehead atoms. The summed E-state index contributed by atoms with van der Waals surface area (Å²) in [5, 5.41) is -0.816. The van der Waals surface area contributed by atoms with Gasteiger partial charge >= 0.3 is 6.18 Å². The van der Waals surface area contributed by atoms with Gasteiger partial charge in [-0.25, -0.2) is 13.8 Å². The molecule has 0 aromatic carbocycles. The Balaban J connectivity index is 3.32. The maximum absolute atomic E-state index is 12.3. The largest absolute Gasteiger partial charge is 0.433 e. The Morgan fingerprint density at radius 3 is 2.20 bits per heavy atom. The van der Waals surface area contributed by atoms with Crippen molar-refractivity contribution in [2.45, 2.75) is 12.6 Å². The Kier molecular flexibility index (Phi) is 3.75. The first-order chi connectivity index (χ1) is 6.73. The van der Waals surface area contributed by atoms with Crippen molar-refractivity contribution in [3.8, 4) is 0 Å². The molecule has 0 aliphatic heterocycles. The average Bonchev–Trinajstić information content (AvgIpc) is 1.99. The zero-order valence-electron chi connectivity index (χ0n) is 6.75. The predicted octanol–water partition coefficient (Wildman–Crippen LogP) is 4.30. The van der Waals surface area contributed by atoms with Gasteiger partial charge in [0.1, 0.15) is 10.8 Å². The molecule has 15 heavy (non-hydrogen) atoms. The summed E-state index contributed by atoms with van der Waals surface area (Å²) in [6.07, 6.45) is -7.64. The van der Waals surface area contributed by atoms with Gasteiger partial charge in [-0.1, -0.05) is 11.6 Å². The fourth-order valence-electron chi connectivity index (χ4n) is 0.834. The molecule has 1 heterocycles. The maximum atomic E-state index is 12.3. The fourth-order valence-corrected chi connectivity index (χ4v) is 2.05. The molecule has 0 spiro atoms. The number of aromatic nitrogens is 1. The lowest BCUT2D eigenvalue weighted by atomic mass is 10.2. The van der Waals surface area contributed by atoms with Crippen molar-refractivity contribution in [2.24, 2.45) is 0 Å². The molecule has 0 aliphatic carbocycles. The van der Waals surface area contributed by atoms with Crippen LogP contribution in [-0.4, -0.2) is 4.98 Å². The smallest absolute Gasteiger partial charge is 0.231 e. The molecular formula is C7H2ClF5IN. The molecule has 0 N–H and O–H groups in total. The molecule has 0 aliphatic rings. The number of hydrogen-bond acceptors (Lipinski definition) is 1. The van der Waals surface area contributed by atoms with E-state index in [0.29, 0.717) is 6.07 Å². The van der Waals surface area contributed by atoms with E-state index in [2.05, 4.69) is 4.98 Å². The zero-order chi connectivity index (χ0) is 11.8. The van der Waals surface area contributed by atoms with Crippen LogP contribution in [0.15, 0.2) is 6.07 Å². The van der Waals surface area contributed by atoms with Crippen LogP contribution in [0.5, 0.6) is 0 Å². The number of alkyl halides is 5. The van der Waals surface area contributed by atoms with Crippen LogP contribution in [0.25, 0.3) is 0 Å². The second-order valence-electron chi connectivity index (χ2n) is 2.49. The Morgan fingerprint density at radius 2 is 1.87 bits per heavy atom. The predicted molar refractivity (Wildman–Crippen MR) is 51.9 cm³/mol.